The van der Waals surface area contributed by atoms with Crippen LogP contribution < -0.4 is 0 Å². The van der Waals surface area contributed by atoms with Gasteiger partial charge in [-0.15, -0.1) is 15.3 Å². The first-order valence-corrected chi connectivity index (χ1v) is 8.81. The Morgan fingerprint density at radius 1 is 1.28 bits per heavy atom. The molecule has 0 aliphatic carbocycles. The average Bonchev–Trinajstić information content (AvgIpc) is 3.33. The molecular weight excluding hydrogens is 410 g/mol. The van der Waals surface area contributed by atoms with Gasteiger partial charge in [0.25, 0.3) is 5.66 Å². The Hall–Kier alpha value is -2.25. The molecule has 0 bridgehead atoms. The van der Waals surface area contributed by atoms with Crippen molar-refractivity contribution in [3.63, 3.8) is 0 Å². The van der Waals surface area contributed by atoms with Crippen molar-refractivity contribution in [1.29, 1.82) is 0 Å². The van der Waals surface area contributed by atoms with Crippen LogP contribution in [0, 0.1) is 5.92 Å². The molecule has 0 spiro atoms. The summed E-state index contributed by atoms with van der Waals surface area (Å²) in [6, 6.07) is 0. The van der Waals surface area contributed by atoms with Gasteiger partial charge >= 0.3 is 18.3 Å². The molecule has 0 amide bonds. The number of piperidine rings is 1. The van der Waals surface area contributed by atoms with Crippen LogP contribution in [0.5, 0.6) is 0 Å². The molecule has 29 heavy (non-hydrogen) atoms. The van der Waals surface area contributed by atoms with E-state index in [1.807, 2.05) is 13.1 Å². The van der Waals surface area contributed by atoms with E-state index in [1.54, 1.807) is 4.68 Å². The van der Waals surface area contributed by atoms with Crippen LogP contribution >= 0.6 is 0 Å². The number of hydrogen-bond donors (Lipinski definition) is 1. The third kappa shape index (κ3) is 5.87. The van der Waals surface area contributed by atoms with Crippen LogP contribution in [0.3, 0.4) is 0 Å². The van der Waals surface area contributed by atoms with Crippen LogP contribution in [-0.4, -0.2) is 68.6 Å². The smallest absolute Gasteiger partial charge is 0.475 e. The highest BCUT2D eigenvalue weighted by atomic mass is 19.4. The molecule has 1 aromatic rings. The zero-order valence-electron chi connectivity index (χ0n) is 15.4. The summed E-state index contributed by atoms with van der Waals surface area (Å²) in [6.45, 7) is 4.62. The van der Waals surface area contributed by atoms with Gasteiger partial charge in [0, 0.05) is 38.2 Å². The number of halogens is 6. The van der Waals surface area contributed by atoms with Gasteiger partial charge in [0.2, 0.25) is 0 Å². The molecular formula is C15H20F6N6O2. The molecule has 2 aliphatic rings. The summed E-state index contributed by atoms with van der Waals surface area (Å²) in [7, 11) is 0. The standard InChI is InChI=1S/C13H19F3N6.C2HF3O2/c1-2-22-9-11(17-20-22)5-7-21-6-3-4-10(8-21)12(18-19-12)13(14,15)16;3-2(4,5)1(6)7/h9-10H,2-8H2,1H3;(H,6,7). The van der Waals surface area contributed by atoms with Crippen molar-refractivity contribution in [3.05, 3.63) is 11.9 Å². The quantitative estimate of drug-likeness (QED) is 0.725. The van der Waals surface area contributed by atoms with E-state index < -0.39 is 29.9 Å². The van der Waals surface area contributed by atoms with Crippen molar-refractivity contribution >= 4 is 5.97 Å². The number of hydrogen-bond acceptors (Lipinski definition) is 6. The number of carboxylic acid groups (broad SMARTS) is 1. The van der Waals surface area contributed by atoms with Crippen molar-refractivity contribution in [2.24, 2.45) is 16.1 Å². The normalized spacial score (nSPS) is 21.4. The lowest BCUT2D eigenvalue weighted by Crippen LogP contribution is -2.48. The Kier molecular flexibility index (Phi) is 6.86. The lowest BCUT2D eigenvalue weighted by atomic mass is 9.87. The number of carbonyl (C=O) groups is 1. The van der Waals surface area contributed by atoms with Crippen molar-refractivity contribution in [1.82, 2.24) is 19.9 Å². The molecule has 8 nitrogen and oxygen atoms in total. The number of rotatable bonds is 5. The van der Waals surface area contributed by atoms with Crippen molar-refractivity contribution in [2.45, 2.75) is 50.7 Å². The average molecular weight is 430 g/mol. The van der Waals surface area contributed by atoms with Gasteiger partial charge in [-0.2, -0.15) is 26.3 Å². The van der Waals surface area contributed by atoms with Crippen LogP contribution in [0.4, 0.5) is 26.3 Å². The summed E-state index contributed by atoms with van der Waals surface area (Å²) in [5, 5.41) is 21.8. The fraction of sp³-hybridized carbons (Fsp3) is 0.800. The van der Waals surface area contributed by atoms with Crippen molar-refractivity contribution in [2.75, 3.05) is 19.6 Å². The van der Waals surface area contributed by atoms with Crippen LogP contribution in [0.25, 0.3) is 0 Å². The SMILES string of the molecule is CCn1cc(CCN2CCCC(C3(C(F)(F)F)N=N3)C2)nn1.O=C(O)C(F)(F)F. The van der Waals surface area contributed by atoms with E-state index in [0.29, 0.717) is 25.9 Å². The molecule has 3 heterocycles. The number of aryl methyl sites for hydroxylation is 1. The maximum Gasteiger partial charge on any atom is 0.490 e. The minimum Gasteiger partial charge on any atom is -0.475 e. The van der Waals surface area contributed by atoms with Gasteiger partial charge in [0.15, 0.2) is 0 Å². The summed E-state index contributed by atoms with van der Waals surface area (Å²) < 4.78 is 72.7. The maximum atomic E-state index is 13.1. The largest absolute Gasteiger partial charge is 0.490 e. The molecule has 1 atom stereocenters. The van der Waals surface area contributed by atoms with E-state index in [4.69, 9.17) is 9.90 Å². The maximum absolute atomic E-state index is 13.1. The third-order valence-corrected chi connectivity index (χ3v) is 4.64. The summed E-state index contributed by atoms with van der Waals surface area (Å²) in [6.07, 6.45) is -5.61. The van der Waals surface area contributed by atoms with Crippen molar-refractivity contribution in [3.8, 4) is 0 Å². The molecule has 0 saturated carbocycles. The predicted molar refractivity (Wildman–Crippen MR) is 85.9 cm³/mol. The number of aliphatic carboxylic acids is 1. The van der Waals surface area contributed by atoms with E-state index in [0.717, 1.165) is 25.2 Å². The van der Waals surface area contributed by atoms with Gasteiger partial charge in [-0.3, -0.25) is 4.68 Å². The van der Waals surface area contributed by atoms with Crippen LogP contribution in [0.1, 0.15) is 25.5 Å². The molecule has 1 aromatic heterocycles. The minimum absolute atomic E-state index is 0.383. The van der Waals surface area contributed by atoms with Crippen molar-refractivity contribution < 1.29 is 36.2 Å². The Bertz CT molecular complexity index is 726. The van der Waals surface area contributed by atoms with Crippen LogP contribution in [0.2, 0.25) is 0 Å². The number of likely N-dealkylation sites (tertiary alicyclic amines) is 1. The number of aromatic nitrogens is 3. The Balaban J connectivity index is 0.000000370. The summed E-state index contributed by atoms with van der Waals surface area (Å²) in [5.74, 6) is -3.32. The first-order valence-electron chi connectivity index (χ1n) is 8.81. The Labute approximate surface area is 161 Å². The fourth-order valence-electron chi connectivity index (χ4n) is 3.03. The van der Waals surface area contributed by atoms with Gasteiger partial charge in [-0.05, 0) is 26.3 Å². The van der Waals surface area contributed by atoms with E-state index >= 15 is 0 Å². The Morgan fingerprint density at radius 2 is 1.90 bits per heavy atom. The van der Waals surface area contributed by atoms with E-state index in [1.165, 1.54) is 0 Å². The molecule has 0 radical (unpaired) electrons. The Morgan fingerprint density at radius 3 is 2.34 bits per heavy atom. The number of nitrogens with zero attached hydrogens (tertiary/aromatic N) is 6. The minimum atomic E-state index is -5.08. The molecule has 2 aliphatic heterocycles. The summed E-state index contributed by atoms with van der Waals surface area (Å²) in [5.41, 5.74) is -1.26. The molecule has 0 aromatic carbocycles. The lowest BCUT2D eigenvalue weighted by Gasteiger charge is -2.35. The molecule has 1 N–H and O–H groups in total. The van der Waals surface area contributed by atoms with Gasteiger partial charge in [-0.1, -0.05) is 5.21 Å². The van der Waals surface area contributed by atoms with E-state index in [9.17, 15) is 26.3 Å². The fourth-order valence-corrected chi connectivity index (χ4v) is 3.03. The van der Waals surface area contributed by atoms with Gasteiger partial charge in [0.05, 0.1) is 5.69 Å². The molecule has 1 fully saturated rings. The second-order valence-corrected chi connectivity index (χ2v) is 6.68. The topological polar surface area (TPSA) is 96.0 Å². The predicted octanol–water partition coefficient (Wildman–Crippen LogP) is 2.91. The molecule has 164 valence electrons. The van der Waals surface area contributed by atoms with Gasteiger partial charge in [0.1, 0.15) is 0 Å². The first-order chi connectivity index (χ1) is 13.4. The van der Waals surface area contributed by atoms with E-state index in [2.05, 4.69) is 25.4 Å². The summed E-state index contributed by atoms with van der Waals surface area (Å²) >= 11 is 0. The molecule has 1 unspecified atom stereocenters. The second kappa shape index (κ2) is 8.63. The molecule has 3 rings (SSSR count). The highest BCUT2D eigenvalue weighted by molar-refractivity contribution is 5.73. The highest BCUT2D eigenvalue weighted by Gasteiger charge is 2.68. The zero-order chi connectivity index (χ0) is 21.9. The van der Waals surface area contributed by atoms with Gasteiger partial charge in [-0.25, -0.2) is 4.79 Å². The molecule has 14 heteroatoms. The number of carboxylic acids is 1. The monoisotopic (exact) mass is 430 g/mol. The summed E-state index contributed by atoms with van der Waals surface area (Å²) in [4.78, 5) is 10.9. The third-order valence-electron chi connectivity index (χ3n) is 4.64. The first kappa shape index (κ1) is 23.0. The highest BCUT2D eigenvalue weighted by Crippen LogP contribution is 2.51. The zero-order valence-corrected chi connectivity index (χ0v) is 15.4. The van der Waals surface area contributed by atoms with E-state index in [-0.39, 0.29) is 0 Å². The molecule has 1 saturated heterocycles. The lowest BCUT2D eigenvalue weighted by molar-refractivity contribution is -0.192. The van der Waals surface area contributed by atoms with Crippen LogP contribution in [0.15, 0.2) is 16.4 Å². The number of alkyl halides is 6. The second-order valence-electron chi connectivity index (χ2n) is 6.68. The van der Waals surface area contributed by atoms with Crippen LogP contribution in [-0.2, 0) is 17.8 Å². The van der Waals surface area contributed by atoms with Gasteiger partial charge < -0.3 is 10.0 Å².